The first-order chi connectivity index (χ1) is 11.4. The zero-order chi connectivity index (χ0) is 18.9. The van der Waals surface area contributed by atoms with Crippen LogP contribution in [0, 0.1) is 0 Å². The van der Waals surface area contributed by atoms with Crippen LogP contribution in [0.2, 0.25) is 0 Å². The van der Waals surface area contributed by atoms with Crippen molar-refractivity contribution >= 4 is 15.8 Å². The molecule has 2 rings (SSSR count). The van der Waals surface area contributed by atoms with Gasteiger partial charge in [-0.05, 0) is 25.0 Å². The summed E-state index contributed by atoms with van der Waals surface area (Å²) in [5.41, 5.74) is -5.34. The Balaban J connectivity index is 1.90. The van der Waals surface area contributed by atoms with Crippen LogP contribution in [0.3, 0.4) is 0 Å². The van der Waals surface area contributed by atoms with Crippen molar-refractivity contribution in [2.75, 3.05) is 18.4 Å². The van der Waals surface area contributed by atoms with E-state index in [-0.39, 0.29) is 37.8 Å². The van der Waals surface area contributed by atoms with E-state index in [1.807, 2.05) is 0 Å². The van der Waals surface area contributed by atoms with Crippen LogP contribution in [0.15, 0.2) is 18.3 Å². The highest BCUT2D eigenvalue weighted by atomic mass is 32.2. The van der Waals surface area contributed by atoms with E-state index in [1.165, 1.54) is 6.07 Å². The van der Waals surface area contributed by atoms with Gasteiger partial charge in [0, 0.05) is 19.1 Å². The maximum Gasteiger partial charge on any atom is 0.573 e. The molecule has 1 N–H and O–H groups in total. The molecule has 25 heavy (non-hydrogen) atoms. The van der Waals surface area contributed by atoms with Crippen LogP contribution >= 0.6 is 0 Å². The predicted molar refractivity (Wildman–Crippen MR) is 74.1 cm³/mol. The van der Waals surface area contributed by atoms with Crippen molar-refractivity contribution < 1.29 is 39.5 Å². The van der Waals surface area contributed by atoms with E-state index in [2.05, 4.69) is 15.0 Å². The second-order valence-corrected chi connectivity index (χ2v) is 7.12. The van der Waals surface area contributed by atoms with Gasteiger partial charge in [-0.3, -0.25) is 0 Å². The fourth-order valence-electron chi connectivity index (χ4n) is 2.26. The number of nitrogens with zero attached hydrogens (tertiary/aromatic N) is 2. The third-order valence-electron chi connectivity index (χ3n) is 3.41. The number of pyridine rings is 1. The van der Waals surface area contributed by atoms with Gasteiger partial charge in [0.05, 0.1) is 6.20 Å². The molecule has 0 amide bonds. The number of anilines is 1. The van der Waals surface area contributed by atoms with Crippen molar-refractivity contribution in [1.29, 1.82) is 0 Å². The van der Waals surface area contributed by atoms with Crippen LogP contribution in [0.25, 0.3) is 0 Å². The van der Waals surface area contributed by atoms with Crippen LogP contribution in [0.1, 0.15) is 12.8 Å². The normalized spacial score (nSPS) is 18.2. The Hall–Kier alpha value is -1.76. The summed E-state index contributed by atoms with van der Waals surface area (Å²) in [7, 11) is -5.35. The first kappa shape index (κ1) is 19.6. The summed E-state index contributed by atoms with van der Waals surface area (Å²) in [6.07, 6.45) is -3.80. The van der Waals surface area contributed by atoms with Crippen LogP contribution in [-0.4, -0.2) is 48.7 Å². The minimum atomic E-state index is -5.35. The minimum Gasteiger partial charge on any atom is -0.404 e. The standard InChI is InChI=1S/C12H13F6N3O3S/c13-11(14,15)24-9-1-2-10(19-7-9)20-8-3-5-21(6-4-8)25(22,23)12(16,17)18/h1-2,7-8H,3-6H2,(H,19,20). The number of hydrogen-bond donors (Lipinski definition) is 1. The van der Waals surface area contributed by atoms with Gasteiger partial charge in [0.1, 0.15) is 11.6 Å². The van der Waals surface area contributed by atoms with Crippen molar-refractivity contribution in [2.24, 2.45) is 0 Å². The fourth-order valence-corrected chi connectivity index (χ4v) is 3.24. The molecule has 0 aliphatic carbocycles. The number of ether oxygens (including phenoxy) is 1. The van der Waals surface area contributed by atoms with E-state index in [0.29, 0.717) is 4.31 Å². The second-order valence-electron chi connectivity index (χ2n) is 5.20. The van der Waals surface area contributed by atoms with E-state index in [1.54, 1.807) is 0 Å². The molecule has 0 saturated carbocycles. The predicted octanol–water partition coefficient (Wildman–Crippen LogP) is 2.71. The Morgan fingerprint density at radius 1 is 1.12 bits per heavy atom. The molecule has 2 heterocycles. The topological polar surface area (TPSA) is 71.5 Å². The van der Waals surface area contributed by atoms with Crippen molar-refractivity contribution in [3.63, 3.8) is 0 Å². The highest BCUT2D eigenvalue weighted by Gasteiger charge is 2.50. The van der Waals surface area contributed by atoms with Crippen LogP contribution in [0.4, 0.5) is 32.2 Å². The molecule has 1 fully saturated rings. The zero-order valence-electron chi connectivity index (χ0n) is 12.4. The van der Waals surface area contributed by atoms with E-state index in [9.17, 15) is 34.8 Å². The minimum absolute atomic E-state index is 0.0950. The Bertz CT molecular complexity index is 682. The number of rotatable bonds is 4. The molecule has 1 aromatic rings. The highest BCUT2D eigenvalue weighted by Crippen LogP contribution is 2.29. The number of sulfonamides is 1. The molecule has 0 radical (unpaired) electrons. The first-order valence-electron chi connectivity index (χ1n) is 6.93. The number of alkyl halides is 6. The smallest absolute Gasteiger partial charge is 0.404 e. The quantitative estimate of drug-likeness (QED) is 0.797. The molecular formula is C12H13F6N3O3S. The molecule has 6 nitrogen and oxygen atoms in total. The van der Waals surface area contributed by atoms with Crippen LogP contribution in [0.5, 0.6) is 5.75 Å². The number of aromatic nitrogens is 1. The third-order valence-corrected chi connectivity index (χ3v) is 5.04. The third kappa shape index (κ3) is 5.11. The lowest BCUT2D eigenvalue weighted by molar-refractivity contribution is -0.274. The van der Waals surface area contributed by atoms with Crippen LogP contribution in [-0.2, 0) is 10.0 Å². The van der Waals surface area contributed by atoms with Crippen molar-refractivity contribution in [1.82, 2.24) is 9.29 Å². The number of piperidine rings is 1. The Kier molecular flexibility index (Phi) is 5.37. The summed E-state index contributed by atoms with van der Waals surface area (Å²) >= 11 is 0. The molecule has 13 heteroatoms. The SMILES string of the molecule is O=S(=O)(N1CCC(Nc2ccc(OC(F)(F)F)cn2)CC1)C(F)(F)F. The first-order valence-corrected chi connectivity index (χ1v) is 8.37. The lowest BCUT2D eigenvalue weighted by atomic mass is 10.1. The van der Waals surface area contributed by atoms with E-state index >= 15 is 0 Å². The van der Waals surface area contributed by atoms with E-state index < -0.39 is 27.6 Å². The molecule has 0 atom stereocenters. The van der Waals surface area contributed by atoms with Gasteiger partial charge >= 0.3 is 21.9 Å². The molecule has 0 aromatic carbocycles. The summed E-state index contributed by atoms with van der Waals surface area (Å²) < 4.78 is 100. The van der Waals surface area contributed by atoms with Crippen molar-refractivity contribution in [3.8, 4) is 5.75 Å². The van der Waals surface area contributed by atoms with Gasteiger partial charge in [-0.1, -0.05) is 0 Å². The van der Waals surface area contributed by atoms with Gasteiger partial charge in [-0.15, -0.1) is 13.2 Å². The summed E-state index contributed by atoms with van der Waals surface area (Å²) in [5, 5.41) is 2.83. The lowest BCUT2D eigenvalue weighted by Gasteiger charge is -2.32. The van der Waals surface area contributed by atoms with E-state index in [4.69, 9.17) is 0 Å². The van der Waals surface area contributed by atoms with Gasteiger partial charge in [0.25, 0.3) is 0 Å². The fraction of sp³-hybridized carbons (Fsp3) is 0.583. The molecule has 0 spiro atoms. The average Bonchev–Trinajstić information content (AvgIpc) is 2.47. The lowest BCUT2D eigenvalue weighted by Crippen LogP contribution is -2.47. The molecule has 0 bridgehead atoms. The zero-order valence-corrected chi connectivity index (χ0v) is 13.2. The monoisotopic (exact) mass is 393 g/mol. The summed E-state index contributed by atoms with van der Waals surface area (Å²) in [6.45, 7) is -0.649. The van der Waals surface area contributed by atoms with Gasteiger partial charge in [-0.25, -0.2) is 13.4 Å². The molecule has 1 aliphatic heterocycles. The molecule has 142 valence electrons. The second kappa shape index (κ2) is 6.86. The van der Waals surface area contributed by atoms with Crippen LogP contribution < -0.4 is 10.1 Å². The Morgan fingerprint density at radius 2 is 1.72 bits per heavy atom. The van der Waals surface area contributed by atoms with Crippen molar-refractivity contribution in [3.05, 3.63) is 18.3 Å². The van der Waals surface area contributed by atoms with Gasteiger partial charge in [0.2, 0.25) is 0 Å². The molecular weight excluding hydrogens is 380 g/mol. The van der Waals surface area contributed by atoms with E-state index in [0.717, 1.165) is 12.3 Å². The van der Waals surface area contributed by atoms with Gasteiger partial charge < -0.3 is 10.1 Å². The largest absolute Gasteiger partial charge is 0.573 e. The average molecular weight is 393 g/mol. The Labute approximate surface area is 138 Å². The highest BCUT2D eigenvalue weighted by molar-refractivity contribution is 7.90. The maximum absolute atomic E-state index is 12.5. The Morgan fingerprint density at radius 3 is 2.16 bits per heavy atom. The summed E-state index contributed by atoms with van der Waals surface area (Å²) in [6, 6.07) is 1.90. The summed E-state index contributed by atoms with van der Waals surface area (Å²) in [4.78, 5) is 3.72. The molecule has 0 unspecified atom stereocenters. The van der Waals surface area contributed by atoms with Gasteiger partial charge in [0.15, 0.2) is 0 Å². The number of hydrogen-bond acceptors (Lipinski definition) is 5. The number of nitrogens with one attached hydrogen (secondary N) is 1. The number of halogens is 6. The molecule has 1 aliphatic rings. The van der Waals surface area contributed by atoms with Gasteiger partial charge in [-0.2, -0.15) is 17.5 Å². The molecule has 1 saturated heterocycles. The summed E-state index contributed by atoms with van der Waals surface area (Å²) in [5.74, 6) is -0.309. The maximum atomic E-state index is 12.5. The molecule has 1 aromatic heterocycles. The van der Waals surface area contributed by atoms with Crippen molar-refractivity contribution in [2.45, 2.75) is 30.8 Å².